The topological polar surface area (TPSA) is 43.1 Å². The first kappa shape index (κ1) is 7.98. The van der Waals surface area contributed by atoms with Crippen LogP contribution < -0.4 is 0 Å². The van der Waals surface area contributed by atoms with Gasteiger partial charge in [-0.2, -0.15) is 0 Å². The summed E-state index contributed by atoms with van der Waals surface area (Å²) >= 11 is 0. The van der Waals surface area contributed by atoms with E-state index in [4.69, 9.17) is 4.52 Å². The predicted molar refractivity (Wildman–Crippen MR) is 46.8 cm³/mol. The number of rotatable bonds is 2. The Morgan fingerprint density at radius 2 is 2.46 bits per heavy atom. The van der Waals surface area contributed by atoms with Gasteiger partial charge in [0.1, 0.15) is 17.4 Å². The standard InChI is InChI=1S/C10H8NO2/c12-8-10(5-2-1-3-6-10)9-4-7-13-11-9/h1-5,7H,6H2. The zero-order valence-electron chi connectivity index (χ0n) is 6.93. The molecule has 0 fully saturated rings. The third-order valence-corrected chi connectivity index (χ3v) is 2.14. The molecule has 1 aliphatic rings. The van der Waals surface area contributed by atoms with E-state index in [1.54, 1.807) is 12.1 Å². The summed E-state index contributed by atoms with van der Waals surface area (Å²) in [5.74, 6) is 0. The Balaban J connectivity index is 2.42. The Morgan fingerprint density at radius 1 is 1.54 bits per heavy atom. The largest absolute Gasteiger partial charge is 0.364 e. The van der Waals surface area contributed by atoms with Gasteiger partial charge in [-0.1, -0.05) is 29.5 Å². The quantitative estimate of drug-likeness (QED) is 0.683. The van der Waals surface area contributed by atoms with Crippen LogP contribution in [0.4, 0.5) is 0 Å². The summed E-state index contributed by atoms with van der Waals surface area (Å²) in [6.45, 7) is 0. The van der Waals surface area contributed by atoms with Crippen LogP contribution in [0.1, 0.15) is 12.1 Å². The van der Waals surface area contributed by atoms with Gasteiger partial charge in [0.05, 0.1) is 0 Å². The van der Waals surface area contributed by atoms with E-state index < -0.39 is 5.41 Å². The van der Waals surface area contributed by atoms with E-state index in [2.05, 4.69) is 5.16 Å². The van der Waals surface area contributed by atoms with Crippen molar-refractivity contribution in [3.63, 3.8) is 0 Å². The monoisotopic (exact) mass is 174 g/mol. The first-order chi connectivity index (χ1) is 6.37. The van der Waals surface area contributed by atoms with Gasteiger partial charge in [0, 0.05) is 6.07 Å². The van der Waals surface area contributed by atoms with Crippen molar-refractivity contribution in [3.8, 4) is 0 Å². The van der Waals surface area contributed by atoms with Crippen molar-refractivity contribution in [3.05, 3.63) is 42.3 Å². The van der Waals surface area contributed by atoms with Crippen molar-refractivity contribution in [1.82, 2.24) is 5.16 Å². The molecule has 3 nitrogen and oxygen atoms in total. The van der Waals surface area contributed by atoms with Crippen molar-refractivity contribution in [2.75, 3.05) is 0 Å². The van der Waals surface area contributed by atoms with Gasteiger partial charge < -0.3 is 4.52 Å². The lowest BCUT2D eigenvalue weighted by molar-refractivity contribution is 0.400. The second-order valence-electron chi connectivity index (χ2n) is 2.95. The zero-order chi connectivity index (χ0) is 9.15. The van der Waals surface area contributed by atoms with E-state index in [-0.39, 0.29) is 0 Å². The minimum Gasteiger partial charge on any atom is -0.364 e. The molecule has 1 aromatic heterocycles. The molecule has 1 aliphatic carbocycles. The molecule has 0 aliphatic heterocycles. The fourth-order valence-corrected chi connectivity index (χ4v) is 1.38. The van der Waals surface area contributed by atoms with Crippen LogP contribution in [-0.4, -0.2) is 11.4 Å². The molecule has 1 aromatic rings. The maximum Gasteiger partial charge on any atom is 0.216 e. The van der Waals surface area contributed by atoms with E-state index in [0.29, 0.717) is 12.1 Å². The van der Waals surface area contributed by atoms with Gasteiger partial charge in [0.25, 0.3) is 0 Å². The first-order valence-electron chi connectivity index (χ1n) is 4.02. The summed E-state index contributed by atoms with van der Waals surface area (Å²) in [5, 5.41) is 3.76. The predicted octanol–water partition coefficient (Wildman–Crippen LogP) is 1.54. The van der Waals surface area contributed by atoms with E-state index in [1.165, 1.54) is 6.26 Å². The third kappa shape index (κ3) is 1.22. The van der Waals surface area contributed by atoms with Gasteiger partial charge in [-0.15, -0.1) is 0 Å². The molecule has 0 saturated heterocycles. The zero-order valence-corrected chi connectivity index (χ0v) is 6.93. The highest BCUT2D eigenvalue weighted by Crippen LogP contribution is 2.29. The molecule has 65 valence electrons. The van der Waals surface area contributed by atoms with Crippen LogP contribution in [0.2, 0.25) is 0 Å². The lowest BCUT2D eigenvalue weighted by Gasteiger charge is -2.20. The smallest absolute Gasteiger partial charge is 0.216 e. The summed E-state index contributed by atoms with van der Waals surface area (Å²) in [6.07, 6.45) is 11.5. The van der Waals surface area contributed by atoms with Gasteiger partial charge in [0.2, 0.25) is 6.29 Å². The van der Waals surface area contributed by atoms with Crippen LogP contribution in [0, 0.1) is 0 Å². The minimum atomic E-state index is -0.734. The summed E-state index contributed by atoms with van der Waals surface area (Å²) in [6, 6.07) is 1.69. The van der Waals surface area contributed by atoms with E-state index in [1.807, 2.05) is 24.5 Å². The highest BCUT2D eigenvalue weighted by atomic mass is 16.5. The Bertz CT molecular complexity index is 351. The minimum absolute atomic E-state index is 0.597. The molecule has 13 heavy (non-hydrogen) atoms. The third-order valence-electron chi connectivity index (χ3n) is 2.14. The molecule has 2 rings (SSSR count). The molecule has 1 atom stereocenters. The second-order valence-corrected chi connectivity index (χ2v) is 2.95. The Morgan fingerprint density at radius 3 is 3.00 bits per heavy atom. The molecule has 0 spiro atoms. The number of hydrogen-bond acceptors (Lipinski definition) is 3. The molecule has 0 amide bonds. The second kappa shape index (κ2) is 3.01. The summed E-state index contributed by atoms with van der Waals surface area (Å²) in [4.78, 5) is 10.9. The molecule has 1 heterocycles. The van der Waals surface area contributed by atoms with Crippen LogP contribution in [0.3, 0.4) is 0 Å². The van der Waals surface area contributed by atoms with Crippen LogP contribution in [-0.2, 0) is 10.2 Å². The lowest BCUT2D eigenvalue weighted by atomic mass is 9.80. The normalized spacial score (nSPS) is 26.2. The lowest BCUT2D eigenvalue weighted by Crippen LogP contribution is -2.26. The molecule has 3 heteroatoms. The van der Waals surface area contributed by atoms with Crippen molar-refractivity contribution < 1.29 is 9.32 Å². The van der Waals surface area contributed by atoms with E-state index in [0.717, 1.165) is 0 Å². The number of aromatic nitrogens is 1. The molecule has 0 aromatic carbocycles. The van der Waals surface area contributed by atoms with Gasteiger partial charge >= 0.3 is 0 Å². The van der Waals surface area contributed by atoms with Crippen LogP contribution >= 0.6 is 0 Å². The first-order valence-corrected chi connectivity index (χ1v) is 4.02. The number of nitrogens with zero attached hydrogens (tertiary/aromatic N) is 1. The van der Waals surface area contributed by atoms with Gasteiger partial charge in [-0.25, -0.2) is 0 Å². The number of carbonyl (C=O) groups excluding carboxylic acids is 1. The molecule has 0 saturated carbocycles. The Hall–Kier alpha value is -1.64. The van der Waals surface area contributed by atoms with Crippen molar-refractivity contribution in [2.24, 2.45) is 0 Å². The Labute approximate surface area is 75.7 Å². The van der Waals surface area contributed by atoms with E-state index >= 15 is 0 Å². The van der Waals surface area contributed by atoms with Gasteiger partial charge in [-0.05, 0) is 6.42 Å². The highest BCUT2D eigenvalue weighted by Gasteiger charge is 2.32. The van der Waals surface area contributed by atoms with Gasteiger partial charge in [-0.3, -0.25) is 4.79 Å². The van der Waals surface area contributed by atoms with Crippen molar-refractivity contribution in [2.45, 2.75) is 11.8 Å². The SMILES string of the molecule is O=[C]C1(c2ccon2)C=CC=CC1. The average molecular weight is 174 g/mol. The summed E-state index contributed by atoms with van der Waals surface area (Å²) < 4.78 is 4.71. The van der Waals surface area contributed by atoms with Crippen LogP contribution in [0.5, 0.6) is 0 Å². The maximum absolute atomic E-state index is 10.9. The molecular weight excluding hydrogens is 166 g/mol. The van der Waals surface area contributed by atoms with Crippen LogP contribution in [0.15, 0.2) is 41.2 Å². The van der Waals surface area contributed by atoms with E-state index in [9.17, 15) is 4.79 Å². The highest BCUT2D eigenvalue weighted by molar-refractivity contribution is 5.72. The summed E-state index contributed by atoms with van der Waals surface area (Å²) in [5.41, 5.74) is -0.120. The molecular formula is C10H8NO2. The number of allylic oxidation sites excluding steroid dienone is 4. The maximum atomic E-state index is 10.9. The van der Waals surface area contributed by atoms with Gasteiger partial charge in [0.15, 0.2) is 0 Å². The molecule has 0 bridgehead atoms. The van der Waals surface area contributed by atoms with Crippen LogP contribution in [0.25, 0.3) is 0 Å². The average Bonchev–Trinajstić information content (AvgIpc) is 2.72. The summed E-state index contributed by atoms with van der Waals surface area (Å²) in [7, 11) is 0. The molecule has 1 radical (unpaired) electrons. The van der Waals surface area contributed by atoms with Crippen molar-refractivity contribution >= 4 is 6.29 Å². The molecule has 1 unspecified atom stereocenters. The fraction of sp³-hybridized carbons (Fsp3) is 0.200. The van der Waals surface area contributed by atoms with Crippen molar-refractivity contribution in [1.29, 1.82) is 0 Å². The Kier molecular flexibility index (Phi) is 1.85. The fourth-order valence-electron chi connectivity index (χ4n) is 1.38. The number of hydrogen-bond donors (Lipinski definition) is 0. The molecule has 0 N–H and O–H groups in total.